The summed E-state index contributed by atoms with van der Waals surface area (Å²) in [4.78, 5) is 11.9. The topological polar surface area (TPSA) is 50.4 Å². The second kappa shape index (κ2) is 6.47. The first-order valence-corrected chi connectivity index (χ1v) is 6.21. The van der Waals surface area contributed by atoms with Gasteiger partial charge in [0.15, 0.2) is 0 Å². The first kappa shape index (κ1) is 13.7. The lowest BCUT2D eigenvalue weighted by Crippen LogP contribution is -2.37. The van der Waals surface area contributed by atoms with Gasteiger partial charge in [-0.3, -0.25) is 4.79 Å². The Morgan fingerprint density at radius 3 is 3.05 bits per heavy atom. The van der Waals surface area contributed by atoms with E-state index in [1.165, 1.54) is 18.2 Å². The van der Waals surface area contributed by atoms with E-state index in [2.05, 4.69) is 15.4 Å². The molecule has 0 aromatic heterocycles. The molecule has 19 heavy (non-hydrogen) atoms. The molecule has 0 spiro atoms. The molecule has 0 radical (unpaired) electrons. The van der Waals surface area contributed by atoms with Crippen LogP contribution < -0.4 is 15.4 Å². The molecule has 1 heterocycles. The number of hydrogen-bond acceptors (Lipinski definition) is 3. The SMILES string of the molecule is O=C(NCC1CCCN1)c1cccc(OC(F)F)c1. The second-order valence-electron chi connectivity index (χ2n) is 4.41. The average molecular weight is 270 g/mol. The highest BCUT2D eigenvalue weighted by Gasteiger charge is 2.15. The molecule has 0 bridgehead atoms. The van der Waals surface area contributed by atoms with Crippen molar-refractivity contribution in [2.75, 3.05) is 13.1 Å². The summed E-state index contributed by atoms with van der Waals surface area (Å²) in [6.45, 7) is -1.38. The molecule has 1 atom stereocenters. The molecule has 2 N–H and O–H groups in total. The molecule has 6 heteroatoms. The maximum atomic E-state index is 12.1. The fourth-order valence-corrected chi connectivity index (χ4v) is 2.06. The molecule has 1 aliphatic rings. The summed E-state index contributed by atoms with van der Waals surface area (Å²) < 4.78 is 28.4. The van der Waals surface area contributed by atoms with Crippen molar-refractivity contribution in [2.24, 2.45) is 0 Å². The molecular weight excluding hydrogens is 254 g/mol. The average Bonchev–Trinajstić information content (AvgIpc) is 2.88. The van der Waals surface area contributed by atoms with Crippen LogP contribution in [0.4, 0.5) is 8.78 Å². The third-order valence-corrected chi connectivity index (χ3v) is 2.99. The Bertz CT molecular complexity index is 434. The summed E-state index contributed by atoms with van der Waals surface area (Å²) in [6, 6.07) is 6.07. The lowest BCUT2D eigenvalue weighted by atomic mass is 10.2. The third-order valence-electron chi connectivity index (χ3n) is 2.99. The number of alkyl halides is 2. The number of benzene rings is 1. The number of carbonyl (C=O) groups excluding carboxylic acids is 1. The lowest BCUT2D eigenvalue weighted by Gasteiger charge is -2.12. The van der Waals surface area contributed by atoms with Crippen molar-refractivity contribution in [2.45, 2.75) is 25.5 Å². The Balaban J connectivity index is 1.90. The van der Waals surface area contributed by atoms with Crippen molar-refractivity contribution in [3.8, 4) is 5.75 Å². The van der Waals surface area contributed by atoms with E-state index >= 15 is 0 Å². The Morgan fingerprint density at radius 1 is 1.53 bits per heavy atom. The standard InChI is InChI=1S/C13H16F2N2O2/c14-13(15)19-11-5-1-3-9(7-11)12(18)17-8-10-4-2-6-16-10/h1,3,5,7,10,13,16H,2,4,6,8H2,(H,17,18). The van der Waals surface area contributed by atoms with E-state index in [9.17, 15) is 13.6 Å². The van der Waals surface area contributed by atoms with E-state index in [1.807, 2.05) is 0 Å². The predicted molar refractivity (Wildman–Crippen MR) is 66.4 cm³/mol. The van der Waals surface area contributed by atoms with Crippen molar-refractivity contribution in [1.82, 2.24) is 10.6 Å². The number of rotatable bonds is 5. The number of ether oxygens (including phenoxy) is 1. The van der Waals surface area contributed by atoms with Crippen LogP contribution in [-0.2, 0) is 0 Å². The summed E-state index contributed by atoms with van der Waals surface area (Å²) in [5, 5.41) is 6.04. The molecule has 0 aliphatic carbocycles. The summed E-state index contributed by atoms with van der Waals surface area (Å²) in [7, 11) is 0. The largest absolute Gasteiger partial charge is 0.435 e. The van der Waals surface area contributed by atoms with Gasteiger partial charge in [0.05, 0.1) is 0 Å². The van der Waals surface area contributed by atoms with Gasteiger partial charge in [0, 0.05) is 18.2 Å². The Hall–Kier alpha value is -1.69. The van der Waals surface area contributed by atoms with Crippen LogP contribution in [0, 0.1) is 0 Å². The molecule has 1 saturated heterocycles. The van der Waals surface area contributed by atoms with Crippen LogP contribution in [0.3, 0.4) is 0 Å². The molecule has 1 aromatic rings. The molecule has 1 aromatic carbocycles. The number of amides is 1. The van der Waals surface area contributed by atoms with E-state index in [0.717, 1.165) is 19.4 Å². The minimum Gasteiger partial charge on any atom is -0.435 e. The van der Waals surface area contributed by atoms with Gasteiger partial charge in [0.1, 0.15) is 5.75 Å². The number of carbonyl (C=O) groups is 1. The normalized spacial score (nSPS) is 18.6. The van der Waals surface area contributed by atoms with Crippen molar-refractivity contribution >= 4 is 5.91 Å². The second-order valence-corrected chi connectivity index (χ2v) is 4.41. The van der Waals surface area contributed by atoms with Crippen LogP contribution in [0.1, 0.15) is 23.2 Å². The van der Waals surface area contributed by atoms with Gasteiger partial charge in [-0.25, -0.2) is 0 Å². The highest BCUT2D eigenvalue weighted by atomic mass is 19.3. The molecule has 1 fully saturated rings. The zero-order chi connectivity index (χ0) is 13.7. The van der Waals surface area contributed by atoms with Crippen LogP contribution in [0.25, 0.3) is 0 Å². The third kappa shape index (κ3) is 4.17. The minimum atomic E-state index is -2.89. The number of halogens is 2. The van der Waals surface area contributed by atoms with Gasteiger partial charge >= 0.3 is 6.61 Å². The highest BCUT2D eigenvalue weighted by molar-refractivity contribution is 5.94. The van der Waals surface area contributed by atoms with Crippen LogP contribution in [0.15, 0.2) is 24.3 Å². The zero-order valence-corrected chi connectivity index (χ0v) is 10.4. The smallest absolute Gasteiger partial charge is 0.387 e. The molecule has 2 rings (SSSR count). The van der Waals surface area contributed by atoms with Crippen molar-refractivity contribution in [1.29, 1.82) is 0 Å². The predicted octanol–water partition coefficient (Wildman–Crippen LogP) is 1.77. The number of nitrogens with one attached hydrogen (secondary N) is 2. The monoisotopic (exact) mass is 270 g/mol. The highest BCUT2D eigenvalue weighted by Crippen LogP contribution is 2.16. The molecule has 1 amide bonds. The van der Waals surface area contributed by atoms with Gasteiger partial charge < -0.3 is 15.4 Å². The molecule has 0 saturated carbocycles. The van der Waals surface area contributed by atoms with Gasteiger partial charge in [-0.15, -0.1) is 0 Å². The van der Waals surface area contributed by atoms with Gasteiger partial charge in [0.2, 0.25) is 0 Å². The maximum Gasteiger partial charge on any atom is 0.387 e. The molecular formula is C13H16F2N2O2. The van der Waals surface area contributed by atoms with Crippen molar-refractivity contribution in [3.63, 3.8) is 0 Å². The fourth-order valence-electron chi connectivity index (χ4n) is 2.06. The van der Waals surface area contributed by atoms with Crippen LogP contribution in [0.5, 0.6) is 5.75 Å². The maximum absolute atomic E-state index is 12.1. The van der Waals surface area contributed by atoms with Crippen LogP contribution in [-0.4, -0.2) is 31.7 Å². The summed E-state index contributed by atoms with van der Waals surface area (Å²) in [5.41, 5.74) is 0.316. The number of hydrogen-bond donors (Lipinski definition) is 2. The van der Waals surface area contributed by atoms with E-state index in [4.69, 9.17) is 0 Å². The Kier molecular flexibility index (Phi) is 4.68. The van der Waals surface area contributed by atoms with Gasteiger partial charge in [0.25, 0.3) is 5.91 Å². The fraction of sp³-hybridized carbons (Fsp3) is 0.462. The Labute approximate surface area is 110 Å². The van der Waals surface area contributed by atoms with Crippen molar-refractivity contribution in [3.05, 3.63) is 29.8 Å². The van der Waals surface area contributed by atoms with Crippen LogP contribution in [0.2, 0.25) is 0 Å². The van der Waals surface area contributed by atoms with Crippen molar-refractivity contribution < 1.29 is 18.3 Å². The molecule has 4 nitrogen and oxygen atoms in total. The summed E-state index contributed by atoms with van der Waals surface area (Å²) >= 11 is 0. The van der Waals surface area contributed by atoms with Gasteiger partial charge in [-0.05, 0) is 37.6 Å². The van der Waals surface area contributed by atoms with E-state index < -0.39 is 6.61 Å². The first-order chi connectivity index (χ1) is 9.15. The lowest BCUT2D eigenvalue weighted by molar-refractivity contribution is -0.0498. The zero-order valence-electron chi connectivity index (χ0n) is 10.4. The van der Waals surface area contributed by atoms with E-state index in [0.29, 0.717) is 18.2 Å². The molecule has 104 valence electrons. The Morgan fingerprint density at radius 2 is 2.37 bits per heavy atom. The molecule has 1 unspecified atom stereocenters. The minimum absolute atomic E-state index is 0.0124. The van der Waals surface area contributed by atoms with E-state index in [-0.39, 0.29) is 11.7 Å². The van der Waals surface area contributed by atoms with E-state index in [1.54, 1.807) is 6.07 Å². The molecule has 1 aliphatic heterocycles. The summed E-state index contributed by atoms with van der Waals surface area (Å²) in [5.74, 6) is -0.296. The first-order valence-electron chi connectivity index (χ1n) is 6.21. The quantitative estimate of drug-likeness (QED) is 0.857. The van der Waals surface area contributed by atoms with Gasteiger partial charge in [-0.1, -0.05) is 6.07 Å². The summed E-state index contributed by atoms with van der Waals surface area (Å²) in [6.07, 6.45) is 2.15. The van der Waals surface area contributed by atoms with Gasteiger partial charge in [-0.2, -0.15) is 8.78 Å². The van der Waals surface area contributed by atoms with Crippen LogP contribution >= 0.6 is 0 Å².